The SMILES string of the molecule is CCCSc1nnc(NCC(=O)c2cccc(S(=O)(=O)N3CCCC(C)C3)c2)s1. The Morgan fingerprint density at radius 2 is 2.21 bits per heavy atom. The maximum atomic E-state index is 13.0. The number of rotatable bonds is 9. The van der Waals surface area contributed by atoms with Gasteiger partial charge in [-0.25, -0.2) is 8.42 Å². The van der Waals surface area contributed by atoms with Gasteiger partial charge in [0, 0.05) is 24.4 Å². The van der Waals surface area contributed by atoms with E-state index in [0.29, 0.717) is 29.7 Å². The lowest BCUT2D eigenvalue weighted by atomic mass is 10.0. The van der Waals surface area contributed by atoms with Gasteiger partial charge in [0.15, 0.2) is 10.1 Å². The number of carbonyl (C=O) groups is 1. The molecule has 0 spiro atoms. The smallest absolute Gasteiger partial charge is 0.243 e. The summed E-state index contributed by atoms with van der Waals surface area (Å²) in [6, 6.07) is 6.30. The molecule has 1 N–H and O–H groups in total. The van der Waals surface area contributed by atoms with Crippen LogP contribution in [0.5, 0.6) is 0 Å². The van der Waals surface area contributed by atoms with E-state index in [0.717, 1.165) is 29.4 Å². The Bertz CT molecular complexity index is 946. The normalized spacial score (nSPS) is 17.9. The Balaban J connectivity index is 1.65. The summed E-state index contributed by atoms with van der Waals surface area (Å²) < 4.78 is 28.3. The van der Waals surface area contributed by atoms with Crippen LogP contribution in [0.3, 0.4) is 0 Å². The summed E-state index contributed by atoms with van der Waals surface area (Å²) >= 11 is 3.05. The summed E-state index contributed by atoms with van der Waals surface area (Å²) in [5.41, 5.74) is 0.369. The molecule has 1 saturated heterocycles. The number of nitrogens with one attached hydrogen (secondary N) is 1. The van der Waals surface area contributed by atoms with Crippen LogP contribution < -0.4 is 5.32 Å². The Kier molecular flexibility index (Phi) is 7.66. The second-order valence-corrected chi connectivity index (χ2v) is 11.4. The van der Waals surface area contributed by atoms with Gasteiger partial charge in [0.2, 0.25) is 15.2 Å². The quantitative estimate of drug-likeness (QED) is 0.455. The number of ketones is 1. The molecule has 158 valence electrons. The molecule has 29 heavy (non-hydrogen) atoms. The summed E-state index contributed by atoms with van der Waals surface area (Å²) in [6.07, 6.45) is 2.96. The molecule has 0 aliphatic carbocycles. The fourth-order valence-corrected chi connectivity index (χ4v) is 6.45. The van der Waals surface area contributed by atoms with Crippen molar-refractivity contribution in [3.05, 3.63) is 29.8 Å². The van der Waals surface area contributed by atoms with Crippen molar-refractivity contribution in [2.24, 2.45) is 5.92 Å². The van der Waals surface area contributed by atoms with Crippen LogP contribution in [0.25, 0.3) is 0 Å². The lowest BCUT2D eigenvalue weighted by molar-refractivity contribution is 0.101. The molecule has 2 heterocycles. The maximum Gasteiger partial charge on any atom is 0.243 e. The first-order valence-corrected chi connectivity index (χ1v) is 13.0. The molecule has 0 saturated carbocycles. The van der Waals surface area contributed by atoms with E-state index >= 15 is 0 Å². The van der Waals surface area contributed by atoms with E-state index < -0.39 is 10.0 Å². The van der Waals surface area contributed by atoms with Gasteiger partial charge in [0.25, 0.3) is 0 Å². The monoisotopic (exact) mass is 454 g/mol. The number of carbonyl (C=O) groups excluding carboxylic acids is 1. The summed E-state index contributed by atoms with van der Waals surface area (Å²) in [5.74, 6) is 1.14. The third-order valence-corrected chi connectivity index (χ3v) is 8.73. The predicted molar refractivity (Wildman–Crippen MR) is 117 cm³/mol. The van der Waals surface area contributed by atoms with Crippen LogP contribution in [0.2, 0.25) is 0 Å². The molecule has 10 heteroatoms. The Labute approximate surface area is 180 Å². The van der Waals surface area contributed by atoms with E-state index in [4.69, 9.17) is 0 Å². The highest BCUT2D eigenvalue weighted by atomic mass is 32.2. The molecular weight excluding hydrogens is 428 g/mol. The summed E-state index contributed by atoms with van der Waals surface area (Å²) in [4.78, 5) is 12.8. The number of anilines is 1. The van der Waals surface area contributed by atoms with Gasteiger partial charge >= 0.3 is 0 Å². The second kappa shape index (κ2) is 10.0. The van der Waals surface area contributed by atoms with Crippen LogP contribution in [0.1, 0.15) is 43.5 Å². The molecule has 1 aromatic heterocycles. The fourth-order valence-electron chi connectivity index (χ4n) is 3.13. The van der Waals surface area contributed by atoms with Crippen LogP contribution >= 0.6 is 23.1 Å². The van der Waals surface area contributed by atoms with Crippen LogP contribution in [0.15, 0.2) is 33.5 Å². The first kappa shape index (κ1) is 22.2. The lowest BCUT2D eigenvalue weighted by Gasteiger charge is -2.30. The topological polar surface area (TPSA) is 92.3 Å². The number of nitrogens with zero attached hydrogens (tertiary/aromatic N) is 3. The molecule has 0 bridgehead atoms. The van der Waals surface area contributed by atoms with E-state index in [1.54, 1.807) is 30.0 Å². The Hall–Kier alpha value is -1.49. The van der Waals surface area contributed by atoms with Crippen molar-refractivity contribution in [1.82, 2.24) is 14.5 Å². The van der Waals surface area contributed by atoms with Gasteiger partial charge in [0.1, 0.15) is 0 Å². The molecule has 1 fully saturated rings. The Morgan fingerprint density at radius 1 is 1.38 bits per heavy atom. The molecule has 3 rings (SSSR count). The van der Waals surface area contributed by atoms with Crippen molar-refractivity contribution in [2.75, 3.05) is 30.7 Å². The maximum absolute atomic E-state index is 13.0. The second-order valence-electron chi connectivity index (χ2n) is 7.14. The van der Waals surface area contributed by atoms with Crippen molar-refractivity contribution in [3.63, 3.8) is 0 Å². The zero-order valence-corrected chi connectivity index (χ0v) is 19.1. The van der Waals surface area contributed by atoms with Crippen molar-refractivity contribution < 1.29 is 13.2 Å². The average molecular weight is 455 g/mol. The highest BCUT2D eigenvalue weighted by Gasteiger charge is 2.29. The van der Waals surface area contributed by atoms with Crippen molar-refractivity contribution in [2.45, 2.75) is 42.3 Å². The van der Waals surface area contributed by atoms with E-state index in [9.17, 15) is 13.2 Å². The number of Topliss-reactive ketones (excluding diaryl/α,β-unsaturated/α-hetero) is 1. The third-order valence-electron chi connectivity index (χ3n) is 4.65. The van der Waals surface area contributed by atoms with Crippen molar-refractivity contribution in [3.8, 4) is 0 Å². The lowest BCUT2D eigenvalue weighted by Crippen LogP contribution is -2.39. The number of hydrogen-bond donors (Lipinski definition) is 1. The highest BCUT2D eigenvalue weighted by molar-refractivity contribution is 8.01. The standard InChI is InChI=1S/C19H26N4O3S3/c1-3-10-27-19-22-21-18(28-19)20-12-17(24)15-7-4-8-16(11-15)29(25,26)23-9-5-6-14(2)13-23/h4,7-8,11,14H,3,5-6,9-10,12-13H2,1-2H3,(H,20,21). The molecule has 7 nitrogen and oxygen atoms in total. The van der Waals surface area contributed by atoms with Crippen LogP contribution in [0, 0.1) is 5.92 Å². The predicted octanol–water partition coefficient (Wildman–Crippen LogP) is 3.76. The summed E-state index contributed by atoms with van der Waals surface area (Å²) in [5, 5.41) is 11.7. The van der Waals surface area contributed by atoms with Crippen LogP contribution in [-0.4, -0.2) is 54.1 Å². The van der Waals surface area contributed by atoms with Gasteiger partial charge < -0.3 is 5.32 Å². The van der Waals surface area contributed by atoms with E-state index in [-0.39, 0.29) is 17.2 Å². The molecule has 1 aromatic carbocycles. The van der Waals surface area contributed by atoms with Gasteiger partial charge in [-0.15, -0.1) is 10.2 Å². The minimum Gasteiger partial charge on any atom is -0.353 e. The number of aromatic nitrogens is 2. The number of piperidine rings is 1. The number of benzene rings is 1. The average Bonchev–Trinajstić information content (AvgIpc) is 3.18. The fraction of sp³-hybridized carbons (Fsp3) is 0.526. The van der Waals surface area contributed by atoms with E-state index in [2.05, 4.69) is 29.4 Å². The minimum absolute atomic E-state index is 0.0390. The van der Waals surface area contributed by atoms with Crippen molar-refractivity contribution >= 4 is 44.0 Å². The minimum atomic E-state index is -3.59. The zero-order valence-electron chi connectivity index (χ0n) is 16.6. The molecule has 1 unspecified atom stereocenters. The molecule has 1 atom stereocenters. The molecule has 0 amide bonds. The van der Waals surface area contributed by atoms with Gasteiger partial charge in [-0.3, -0.25) is 4.79 Å². The van der Waals surface area contributed by atoms with Crippen LogP contribution in [-0.2, 0) is 10.0 Å². The first-order chi connectivity index (χ1) is 13.9. The number of hydrogen-bond acceptors (Lipinski definition) is 8. The molecular formula is C19H26N4O3S3. The van der Waals surface area contributed by atoms with Crippen molar-refractivity contribution in [1.29, 1.82) is 0 Å². The van der Waals surface area contributed by atoms with Crippen LogP contribution in [0.4, 0.5) is 5.13 Å². The van der Waals surface area contributed by atoms with Gasteiger partial charge in [-0.2, -0.15) is 4.31 Å². The van der Waals surface area contributed by atoms with E-state index in [1.807, 2.05) is 0 Å². The number of thioether (sulfide) groups is 1. The third kappa shape index (κ3) is 5.78. The van der Waals surface area contributed by atoms with Gasteiger partial charge in [0.05, 0.1) is 11.4 Å². The molecule has 0 radical (unpaired) electrons. The van der Waals surface area contributed by atoms with E-state index in [1.165, 1.54) is 21.7 Å². The molecule has 1 aliphatic rings. The summed E-state index contributed by atoms with van der Waals surface area (Å²) in [6.45, 7) is 5.26. The summed E-state index contributed by atoms with van der Waals surface area (Å²) in [7, 11) is -3.59. The van der Waals surface area contributed by atoms with Gasteiger partial charge in [-0.05, 0) is 37.3 Å². The number of sulfonamides is 1. The zero-order chi connectivity index (χ0) is 20.9. The first-order valence-electron chi connectivity index (χ1n) is 9.73. The molecule has 2 aromatic rings. The van der Waals surface area contributed by atoms with Gasteiger partial charge in [-0.1, -0.05) is 49.1 Å². The largest absolute Gasteiger partial charge is 0.353 e. The Morgan fingerprint density at radius 3 is 2.97 bits per heavy atom. The highest BCUT2D eigenvalue weighted by Crippen LogP contribution is 2.26. The molecule has 1 aliphatic heterocycles.